The van der Waals surface area contributed by atoms with E-state index in [0.717, 1.165) is 10.2 Å². The molecule has 1 aromatic carbocycles. The van der Waals surface area contributed by atoms with Crippen LogP contribution in [0.3, 0.4) is 0 Å². The van der Waals surface area contributed by atoms with Crippen molar-refractivity contribution in [2.24, 2.45) is 0 Å². The van der Waals surface area contributed by atoms with Gasteiger partial charge in [-0.2, -0.15) is 0 Å². The van der Waals surface area contributed by atoms with Crippen LogP contribution >= 0.6 is 22.9 Å². The van der Waals surface area contributed by atoms with Crippen LogP contribution in [0.15, 0.2) is 36.5 Å². The number of carbonyl (C=O) groups is 1. The maximum absolute atomic E-state index is 13.0. The Morgan fingerprint density at radius 3 is 2.92 bits per heavy atom. The molecule has 124 valence electrons. The van der Waals surface area contributed by atoms with Gasteiger partial charge in [-0.3, -0.25) is 9.69 Å². The average molecular weight is 362 g/mol. The van der Waals surface area contributed by atoms with E-state index < -0.39 is 0 Å². The Balaban J connectivity index is 1.99. The third-order valence-electron chi connectivity index (χ3n) is 3.41. The number of aromatic nitrogens is 2. The monoisotopic (exact) mass is 361 g/mol. The Bertz CT molecular complexity index is 881. The van der Waals surface area contributed by atoms with Gasteiger partial charge < -0.3 is 4.74 Å². The summed E-state index contributed by atoms with van der Waals surface area (Å²) in [6.07, 6.45) is 1.61. The molecule has 0 spiro atoms. The molecule has 0 unspecified atom stereocenters. The number of thiazole rings is 1. The van der Waals surface area contributed by atoms with E-state index in [0.29, 0.717) is 34.7 Å². The zero-order valence-electron chi connectivity index (χ0n) is 13.3. The summed E-state index contributed by atoms with van der Waals surface area (Å²) >= 11 is 7.47. The van der Waals surface area contributed by atoms with Gasteiger partial charge in [-0.05, 0) is 44.2 Å². The van der Waals surface area contributed by atoms with Gasteiger partial charge in [-0.25, -0.2) is 9.97 Å². The molecule has 7 heteroatoms. The van der Waals surface area contributed by atoms with E-state index in [1.165, 1.54) is 11.3 Å². The third-order valence-corrected chi connectivity index (χ3v) is 4.71. The van der Waals surface area contributed by atoms with Crippen LogP contribution in [-0.4, -0.2) is 29.0 Å². The fourth-order valence-electron chi connectivity index (χ4n) is 2.32. The van der Waals surface area contributed by atoms with E-state index >= 15 is 0 Å². The Morgan fingerprint density at radius 2 is 2.17 bits per heavy atom. The first-order valence-electron chi connectivity index (χ1n) is 7.59. The maximum Gasteiger partial charge on any atom is 0.265 e. The van der Waals surface area contributed by atoms with E-state index in [1.807, 2.05) is 26.0 Å². The van der Waals surface area contributed by atoms with Gasteiger partial charge >= 0.3 is 0 Å². The highest BCUT2D eigenvalue weighted by molar-refractivity contribution is 7.22. The molecule has 0 radical (unpaired) electrons. The molecule has 0 N–H and O–H groups in total. The summed E-state index contributed by atoms with van der Waals surface area (Å²) in [5.74, 6) is 0.159. The molecule has 24 heavy (non-hydrogen) atoms. The number of hydrogen-bond donors (Lipinski definition) is 0. The highest BCUT2D eigenvalue weighted by Gasteiger charge is 2.23. The van der Waals surface area contributed by atoms with E-state index in [4.69, 9.17) is 16.3 Å². The van der Waals surface area contributed by atoms with Crippen LogP contribution in [0.2, 0.25) is 5.02 Å². The van der Waals surface area contributed by atoms with Crippen molar-refractivity contribution < 1.29 is 9.53 Å². The average Bonchev–Trinajstić information content (AvgIpc) is 2.98. The minimum absolute atomic E-state index is 0.181. The van der Waals surface area contributed by atoms with Crippen molar-refractivity contribution in [3.05, 3.63) is 47.1 Å². The normalized spacial score (nSPS) is 10.8. The number of carbonyl (C=O) groups excluding carboxylic acids is 1. The summed E-state index contributed by atoms with van der Waals surface area (Å²) in [5, 5.41) is 1.26. The van der Waals surface area contributed by atoms with Gasteiger partial charge in [-0.1, -0.05) is 22.9 Å². The van der Waals surface area contributed by atoms with Crippen molar-refractivity contribution in [2.45, 2.75) is 13.8 Å². The molecule has 3 rings (SSSR count). The van der Waals surface area contributed by atoms with Crippen LogP contribution in [0.5, 0.6) is 5.88 Å². The Morgan fingerprint density at radius 1 is 1.33 bits per heavy atom. The number of pyridine rings is 1. The summed E-state index contributed by atoms with van der Waals surface area (Å²) < 4.78 is 6.45. The number of halogens is 1. The predicted molar refractivity (Wildman–Crippen MR) is 97.4 cm³/mol. The number of nitrogens with zero attached hydrogens (tertiary/aromatic N) is 3. The van der Waals surface area contributed by atoms with E-state index in [9.17, 15) is 4.79 Å². The second kappa shape index (κ2) is 7.15. The lowest BCUT2D eigenvalue weighted by molar-refractivity contribution is 0.0983. The van der Waals surface area contributed by atoms with E-state index in [-0.39, 0.29) is 5.91 Å². The van der Waals surface area contributed by atoms with Crippen LogP contribution in [0.4, 0.5) is 5.13 Å². The molecular weight excluding hydrogens is 346 g/mol. The molecule has 0 fully saturated rings. The molecule has 0 aliphatic rings. The number of anilines is 1. The number of amides is 1. The minimum atomic E-state index is -0.181. The van der Waals surface area contributed by atoms with Crippen molar-refractivity contribution in [1.29, 1.82) is 0 Å². The lowest BCUT2D eigenvalue weighted by Gasteiger charge is -2.18. The van der Waals surface area contributed by atoms with Crippen LogP contribution in [-0.2, 0) is 0 Å². The lowest BCUT2D eigenvalue weighted by atomic mass is 10.2. The van der Waals surface area contributed by atoms with Gasteiger partial charge in [-0.15, -0.1) is 0 Å². The van der Waals surface area contributed by atoms with Crippen LogP contribution in [0, 0.1) is 0 Å². The predicted octanol–water partition coefficient (Wildman–Crippen LogP) is 4.41. The van der Waals surface area contributed by atoms with Crippen LogP contribution in [0.1, 0.15) is 24.2 Å². The standard InChI is InChI=1S/C17H16ClN3O2S/c1-3-21(16(22)12-6-5-9-19-15(12)23-4-2)17-20-13-10-11(18)7-8-14(13)24-17/h5-10H,3-4H2,1-2H3. The molecule has 0 saturated heterocycles. The number of fused-ring (bicyclic) bond motifs is 1. The summed E-state index contributed by atoms with van der Waals surface area (Å²) in [7, 11) is 0. The first-order chi connectivity index (χ1) is 11.6. The molecule has 1 amide bonds. The molecule has 3 aromatic rings. The number of ether oxygens (including phenoxy) is 1. The van der Waals surface area contributed by atoms with Crippen molar-refractivity contribution in [2.75, 3.05) is 18.1 Å². The fourth-order valence-corrected chi connectivity index (χ4v) is 3.49. The largest absolute Gasteiger partial charge is 0.477 e. The molecule has 2 aromatic heterocycles. The van der Waals surface area contributed by atoms with Gasteiger partial charge in [0.1, 0.15) is 5.56 Å². The van der Waals surface area contributed by atoms with Gasteiger partial charge in [0, 0.05) is 17.8 Å². The van der Waals surface area contributed by atoms with Crippen molar-refractivity contribution in [3.8, 4) is 5.88 Å². The van der Waals surface area contributed by atoms with E-state index in [1.54, 1.807) is 29.3 Å². The highest BCUT2D eigenvalue weighted by atomic mass is 35.5. The zero-order valence-corrected chi connectivity index (χ0v) is 14.9. The highest BCUT2D eigenvalue weighted by Crippen LogP contribution is 2.31. The zero-order chi connectivity index (χ0) is 17.1. The maximum atomic E-state index is 13.0. The van der Waals surface area contributed by atoms with Gasteiger partial charge in [0.15, 0.2) is 5.13 Å². The van der Waals surface area contributed by atoms with Crippen LogP contribution < -0.4 is 9.64 Å². The molecule has 0 aliphatic heterocycles. The Labute approximate surface area is 148 Å². The van der Waals surface area contributed by atoms with E-state index in [2.05, 4.69) is 9.97 Å². The van der Waals surface area contributed by atoms with Gasteiger partial charge in [0.25, 0.3) is 5.91 Å². The van der Waals surface area contributed by atoms with Crippen molar-refractivity contribution in [3.63, 3.8) is 0 Å². The fraction of sp³-hybridized carbons (Fsp3) is 0.235. The lowest BCUT2D eigenvalue weighted by Crippen LogP contribution is -2.31. The summed E-state index contributed by atoms with van der Waals surface area (Å²) in [4.78, 5) is 23.3. The Kier molecular flexibility index (Phi) is 4.97. The van der Waals surface area contributed by atoms with Crippen LogP contribution in [0.25, 0.3) is 10.2 Å². The quantitative estimate of drug-likeness (QED) is 0.675. The van der Waals surface area contributed by atoms with Gasteiger partial charge in [0.2, 0.25) is 5.88 Å². The topological polar surface area (TPSA) is 55.3 Å². The van der Waals surface area contributed by atoms with Crippen molar-refractivity contribution in [1.82, 2.24) is 9.97 Å². The second-order valence-electron chi connectivity index (χ2n) is 4.95. The molecule has 0 saturated carbocycles. The summed E-state index contributed by atoms with van der Waals surface area (Å²) in [5.41, 5.74) is 1.21. The number of benzene rings is 1. The molecule has 0 atom stereocenters. The Hall–Kier alpha value is -2.18. The third kappa shape index (κ3) is 3.20. The van der Waals surface area contributed by atoms with Crippen molar-refractivity contribution >= 4 is 44.2 Å². The second-order valence-corrected chi connectivity index (χ2v) is 6.39. The molecule has 2 heterocycles. The number of hydrogen-bond acceptors (Lipinski definition) is 5. The number of rotatable bonds is 5. The first-order valence-corrected chi connectivity index (χ1v) is 8.79. The summed E-state index contributed by atoms with van der Waals surface area (Å²) in [6.45, 7) is 4.71. The molecule has 5 nitrogen and oxygen atoms in total. The molecule has 0 aliphatic carbocycles. The molecular formula is C17H16ClN3O2S. The molecule has 0 bridgehead atoms. The summed E-state index contributed by atoms with van der Waals surface area (Å²) in [6, 6.07) is 8.96. The first kappa shape index (κ1) is 16.7. The van der Waals surface area contributed by atoms with Gasteiger partial charge in [0.05, 0.1) is 16.8 Å². The smallest absolute Gasteiger partial charge is 0.265 e. The minimum Gasteiger partial charge on any atom is -0.477 e. The SMILES string of the molecule is CCOc1ncccc1C(=O)N(CC)c1nc2cc(Cl)ccc2s1.